The molecule has 1 saturated carbocycles. The van der Waals surface area contributed by atoms with Gasteiger partial charge in [-0.2, -0.15) is 11.3 Å². The van der Waals surface area contributed by atoms with Crippen molar-refractivity contribution in [3.8, 4) is 0 Å². The fraction of sp³-hybridized carbons (Fsp3) is 0.636. The zero-order chi connectivity index (χ0) is 9.86. The summed E-state index contributed by atoms with van der Waals surface area (Å²) in [6.45, 7) is 1.06. The Balaban J connectivity index is 1.72. The van der Waals surface area contributed by atoms with E-state index >= 15 is 0 Å². The van der Waals surface area contributed by atoms with Crippen LogP contribution in [0.25, 0.3) is 0 Å². The summed E-state index contributed by atoms with van der Waals surface area (Å²) in [5, 5.41) is 7.95. The van der Waals surface area contributed by atoms with Gasteiger partial charge in [0.05, 0.1) is 0 Å². The Hall–Kier alpha value is -0.0500. The average Bonchev–Trinajstić information content (AvgIpc) is 2.62. The van der Waals surface area contributed by atoms with Crippen molar-refractivity contribution >= 4 is 22.9 Å². The van der Waals surface area contributed by atoms with Gasteiger partial charge >= 0.3 is 0 Å². The lowest BCUT2D eigenvalue weighted by molar-refractivity contribution is 0.215. The molecule has 3 heteroatoms. The molecule has 1 nitrogen and oxygen atoms in total. The van der Waals surface area contributed by atoms with Gasteiger partial charge in [0.25, 0.3) is 0 Å². The van der Waals surface area contributed by atoms with Crippen LogP contribution in [0.1, 0.15) is 24.8 Å². The van der Waals surface area contributed by atoms with Gasteiger partial charge in [-0.05, 0) is 54.6 Å². The van der Waals surface area contributed by atoms with Crippen molar-refractivity contribution in [2.75, 3.05) is 12.4 Å². The molecule has 0 aliphatic heterocycles. The third-order valence-electron chi connectivity index (χ3n) is 3.06. The molecule has 78 valence electrons. The first-order valence-corrected chi connectivity index (χ1v) is 6.64. The summed E-state index contributed by atoms with van der Waals surface area (Å²) in [6, 6.07) is 2.19. The van der Waals surface area contributed by atoms with E-state index in [-0.39, 0.29) is 5.54 Å². The number of hydrogen-bond acceptors (Lipinski definition) is 2. The maximum Gasteiger partial charge on any atom is 0.0406 e. The Bertz CT molecular complexity index is 261. The molecule has 1 aliphatic carbocycles. The Morgan fingerprint density at radius 2 is 2.36 bits per heavy atom. The first-order valence-electron chi connectivity index (χ1n) is 5.17. The third kappa shape index (κ3) is 2.30. The minimum Gasteiger partial charge on any atom is -0.310 e. The lowest BCUT2D eigenvalue weighted by Gasteiger charge is -2.41. The van der Waals surface area contributed by atoms with Gasteiger partial charge in [0.2, 0.25) is 0 Å². The summed E-state index contributed by atoms with van der Waals surface area (Å²) in [5.41, 5.74) is 1.71. The molecule has 1 aromatic heterocycles. The van der Waals surface area contributed by atoms with Gasteiger partial charge in [-0.25, -0.2) is 0 Å². The number of alkyl halides is 1. The monoisotopic (exact) mass is 229 g/mol. The summed E-state index contributed by atoms with van der Waals surface area (Å²) in [4.78, 5) is 0. The molecular weight excluding hydrogens is 214 g/mol. The van der Waals surface area contributed by atoms with Gasteiger partial charge in [0.15, 0.2) is 0 Å². The molecule has 14 heavy (non-hydrogen) atoms. The van der Waals surface area contributed by atoms with Gasteiger partial charge in [0.1, 0.15) is 0 Å². The van der Waals surface area contributed by atoms with Crippen LogP contribution in [0.3, 0.4) is 0 Å². The van der Waals surface area contributed by atoms with Crippen LogP contribution in [0.4, 0.5) is 0 Å². The van der Waals surface area contributed by atoms with Crippen LogP contribution in [0, 0.1) is 0 Å². The van der Waals surface area contributed by atoms with Crippen LogP contribution in [0.5, 0.6) is 0 Å². The normalized spacial score (nSPS) is 19.2. The van der Waals surface area contributed by atoms with E-state index in [0.29, 0.717) is 0 Å². The van der Waals surface area contributed by atoms with Crippen molar-refractivity contribution in [3.05, 3.63) is 22.4 Å². The smallest absolute Gasteiger partial charge is 0.0406 e. The molecule has 0 bridgehead atoms. The zero-order valence-corrected chi connectivity index (χ0v) is 9.83. The van der Waals surface area contributed by atoms with Crippen molar-refractivity contribution in [1.29, 1.82) is 0 Å². The summed E-state index contributed by atoms with van der Waals surface area (Å²) >= 11 is 7.73. The molecule has 1 N–H and O–H groups in total. The predicted octanol–water partition coefficient (Wildman–Crippen LogP) is 3.04. The summed E-state index contributed by atoms with van der Waals surface area (Å²) in [6.07, 6.45) is 4.96. The minimum atomic E-state index is 0.275. The zero-order valence-electron chi connectivity index (χ0n) is 8.26. The third-order valence-corrected chi connectivity index (χ3v) is 4.30. The molecule has 0 unspecified atom stereocenters. The van der Waals surface area contributed by atoms with E-state index < -0.39 is 0 Å². The lowest BCUT2D eigenvalue weighted by atomic mass is 9.78. The van der Waals surface area contributed by atoms with E-state index in [1.54, 1.807) is 11.3 Å². The van der Waals surface area contributed by atoms with Crippen molar-refractivity contribution in [2.45, 2.75) is 31.2 Å². The van der Waals surface area contributed by atoms with Crippen LogP contribution >= 0.6 is 22.9 Å². The van der Waals surface area contributed by atoms with Crippen molar-refractivity contribution in [3.63, 3.8) is 0 Å². The van der Waals surface area contributed by atoms with E-state index in [2.05, 4.69) is 22.1 Å². The van der Waals surface area contributed by atoms with Crippen LogP contribution in [-0.4, -0.2) is 18.0 Å². The fourth-order valence-corrected chi connectivity index (χ4v) is 2.93. The second-order valence-electron chi connectivity index (χ2n) is 4.08. The van der Waals surface area contributed by atoms with Crippen LogP contribution < -0.4 is 5.32 Å². The number of rotatable bonds is 5. The molecule has 0 atom stereocenters. The average molecular weight is 230 g/mol. The maximum absolute atomic E-state index is 5.96. The molecule has 0 radical (unpaired) electrons. The fourth-order valence-electron chi connectivity index (χ4n) is 1.87. The highest BCUT2D eigenvalue weighted by molar-refractivity contribution is 7.07. The standard InChI is InChI=1S/C11H16ClNS/c12-9-11(4-1-5-11)13-6-2-10-3-7-14-8-10/h3,7-8,13H,1-2,4-6,9H2. The Labute approximate surface area is 94.5 Å². The number of thiophene rings is 1. The molecule has 2 rings (SSSR count). The second kappa shape index (κ2) is 4.65. The van der Waals surface area contributed by atoms with E-state index in [0.717, 1.165) is 18.8 Å². The molecule has 1 heterocycles. The molecule has 1 aromatic rings. The largest absolute Gasteiger partial charge is 0.310 e. The number of halogens is 1. The molecule has 0 amide bonds. The second-order valence-corrected chi connectivity index (χ2v) is 5.12. The van der Waals surface area contributed by atoms with Crippen molar-refractivity contribution in [1.82, 2.24) is 5.32 Å². The summed E-state index contributed by atoms with van der Waals surface area (Å²) < 4.78 is 0. The topological polar surface area (TPSA) is 12.0 Å². The Morgan fingerprint density at radius 3 is 2.86 bits per heavy atom. The lowest BCUT2D eigenvalue weighted by Crippen LogP contribution is -2.53. The summed E-state index contributed by atoms with van der Waals surface area (Å²) in [5.74, 6) is 0.761. The van der Waals surface area contributed by atoms with Crippen molar-refractivity contribution < 1.29 is 0 Å². The molecule has 0 aromatic carbocycles. The predicted molar refractivity (Wildman–Crippen MR) is 63.3 cm³/mol. The first kappa shape index (κ1) is 10.5. The van der Waals surface area contributed by atoms with Crippen LogP contribution in [0.2, 0.25) is 0 Å². The molecule has 1 fully saturated rings. The minimum absolute atomic E-state index is 0.275. The van der Waals surface area contributed by atoms with E-state index in [4.69, 9.17) is 11.6 Å². The van der Waals surface area contributed by atoms with Gasteiger partial charge in [-0.1, -0.05) is 0 Å². The van der Waals surface area contributed by atoms with Gasteiger partial charge in [-0.3, -0.25) is 0 Å². The maximum atomic E-state index is 5.96. The SMILES string of the molecule is ClCC1(NCCc2ccsc2)CCC1. The highest BCUT2D eigenvalue weighted by Gasteiger charge is 2.34. The molecular formula is C11H16ClNS. The summed E-state index contributed by atoms with van der Waals surface area (Å²) in [7, 11) is 0. The van der Waals surface area contributed by atoms with Gasteiger partial charge < -0.3 is 5.32 Å². The highest BCUT2D eigenvalue weighted by atomic mass is 35.5. The Kier molecular flexibility index (Phi) is 3.47. The molecule has 1 aliphatic rings. The van der Waals surface area contributed by atoms with E-state index in [1.807, 2.05) is 0 Å². The van der Waals surface area contributed by atoms with E-state index in [1.165, 1.54) is 24.8 Å². The first-order chi connectivity index (χ1) is 6.85. The molecule has 0 saturated heterocycles. The van der Waals surface area contributed by atoms with E-state index in [9.17, 15) is 0 Å². The highest BCUT2D eigenvalue weighted by Crippen LogP contribution is 2.32. The van der Waals surface area contributed by atoms with Gasteiger partial charge in [-0.15, -0.1) is 11.6 Å². The Morgan fingerprint density at radius 1 is 1.50 bits per heavy atom. The number of hydrogen-bond donors (Lipinski definition) is 1. The van der Waals surface area contributed by atoms with Crippen molar-refractivity contribution in [2.24, 2.45) is 0 Å². The quantitative estimate of drug-likeness (QED) is 0.766. The van der Waals surface area contributed by atoms with Crippen LogP contribution in [-0.2, 0) is 6.42 Å². The van der Waals surface area contributed by atoms with Crippen LogP contribution in [0.15, 0.2) is 16.8 Å². The number of nitrogens with one attached hydrogen (secondary N) is 1. The van der Waals surface area contributed by atoms with Gasteiger partial charge in [0, 0.05) is 11.4 Å². The molecule has 0 spiro atoms.